The summed E-state index contributed by atoms with van der Waals surface area (Å²) in [4.78, 5) is 23.5. The van der Waals surface area contributed by atoms with Crippen LogP contribution in [0.15, 0.2) is 42.5 Å². The van der Waals surface area contributed by atoms with E-state index in [1.54, 1.807) is 12.1 Å². The predicted molar refractivity (Wildman–Crippen MR) is 106 cm³/mol. The maximum Gasteiger partial charge on any atom is 0.224 e. The Hall–Kier alpha value is -3.33. The molecule has 0 radical (unpaired) electrons. The largest absolute Gasteiger partial charge is 0.494 e. The summed E-state index contributed by atoms with van der Waals surface area (Å²) in [7, 11) is 0. The first kappa shape index (κ1) is 19.4. The van der Waals surface area contributed by atoms with Gasteiger partial charge in [0.1, 0.15) is 5.75 Å². The highest BCUT2D eigenvalue weighted by atomic mass is 16.5. The highest BCUT2D eigenvalue weighted by Crippen LogP contribution is 2.26. The molecule has 1 aliphatic rings. The predicted octanol–water partition coefficient (Wildman–Crippen LogP) is 3.48. The summed E-state index contributed by atoms with van der Waals surface area (Å²) < 4.78 is 5.74. The molecule has 2 amide bonds. The van der Waals surface area contributed by atoms with E-state index in [1.807, 2.05) is 37.3 Å². The van der Waals surface area contributed by atoms with E-state index in [4.69, 9.17) is 10.00 Å². The molecule has 1 heterocycles. The number of nitrogens with one attached hydrogen (secondary N) is 2. The molecule has 6 heteroatoms. The lowest BCUT2D eigenvalue weighted by Crippen LogP contribution is -2.26. The highest BCUT2D eigenvalue weighted by molar-refractivity contribution is 5.94. The van der Waals surface area contributed by atoms with Crippen LogP contribution < -0.4 is 15.4 Å². The zero-order valence-corrected chi connectivity index (χ0v) is 15.8. The Balaban J connectivity index is 1.40. The molecule has 2 aromatic rings. The SMILES string of the molecule is CC(NC(=O)CCCOc1ccc2c(c1)CCC(=O)N2)c1ccc(C#N)cc1. The molecule has 0 fully saturated rings. The van der Waals surface area contributed by atoms with Gasteiger partial charge in [0.2, 0.25) is 11.8 Å². The minimum Gasteiger partial charge on any atom is -0.494 e. The Bertz CT molecular complexity index is 900. The molecule has 1 aliphatic heterocycles. The lowest BCUT2D eigenvalue weighted by atomic mass is 10.0. The Morgan fingerprint density at radius 2 is 2.04 bits per heavy atom. The smallest absolute Gasteiger partial charge is 0.224 e. The third-order valence-electron chi connectivity index (χ3n) is 4.71. The lowest BCUT2D eigenvalue weighted by Gasteiger charge is -2.18. The third-order valence-corrected chi connectivity index (χ3v) is 4.71. The number of hydrogen-bond donors (Lipinski definition) is 2. The monoisotopic (exact) mass is 377 g/mol. The van der Waals surface area contributed by atoms with Gasteiger partial charge in [0.15, 0.2) is 0 Å². The Morgan fingerprint density at radius 3 is 2.79 bits per heavy atom. The maximum absolute atomic E-state index is 12.1. The van der Waals surface area contributed by atoms with Crippen LogP contribution in [0.4, 0.5) is 5.69 Å². The fourth-order valence-electron chi connectivity index (χ4n) is 3.12. The van der Waals surface area contributed by atoms with E-state index in [0.29, 0.717) is 37.9 Å². The van der Waals surface area contributed by atoms with Gasteiger partial charge in [-0.1, -0.05) is 12.1 Å². The fraction of sp³-hybridized carbons (Fsp3) is 0.318. The number of nitriles is 1. The molecule has 0 spiro atoms. The molecule has 0 aliphatic carbocycles. The zero-order valence-electron chi connectivity index (χ0n) is 15.8. The summed E-state index contributed by atoms with van der Waals surface area (Å²) in [5.41, 5.74) is 3.49. The van der Waals surface area contributed by atoms with Crippen molar-refractivity contribution >= 4 is 17.5 Å². The van der Waals surface area contributed by atoms with Crippen LogP contribution >= 0.6 is 0 Å². The molecule has 3 rings (SSSR count). The van der Waals surface area contributed by atoms with Gasteiger partial charge in [-0.3, -0.25) is 9.59 Å². The summed E-state index contributed by atoms with van der Waals surface area (Å²) in [6.45, 7) is 2.37. The number of nitrogens with zero attached hydrogens (tertiary/aromatic N) is 1. The number of amides is 2. The lowest BCUT2D eigenvalue weighted by molar-refractivity contribution is -0.122. The number of fused-ring (bicyclic) bond motifs is 1. The van der Waals surface area contributed by atoms with Gasteiger partial charge < -0.3 is 15.4 Å². The van der Waals surface area contributed by atoms with Crippen molar-refractivity contribution < 1.29 is 14.3 Å². The minimum atomic E-state index is -0.114. The second kappa shape index (κ2) is 9.05. The van der Waals surface area contributed by atoms with E-state index in [1.165, 1.54) is 0 Å². The average Bonchev–Trinajstić information content (AvgIpc) is 2.71. The number of benzene rings is 2. The Morgan fingerprint density at radius 1 is 1.25 bits per heavy atom. The zero-order chi connectivity index (χ0) is 19.9. The molecule has 6 nitrogen and oxygen atoms in total. The second-order valence-electron chi connectivity index (χ2n) is 6.84. The number of hydrogen-bond acceptors (Lipinski definition) is 4. The first-order chi connectivity index (χ1) is 13.5. The average molecular weight is 377 g/mol. The molecule has 0 aromatic heterocycles. The van der Waals surface area contributed by atoms with Crippen LogP contribution in [0.2, 0.25) is 0 Å². The highest BCUT2D eigenvalue weighted by Gasteiger charge is 2.15. The molecule has 0 saturated carbocycles. The molecule has 28 heavy (non-hydrogen) atoms. The van der Waals surface area contributed by atoms with E-state index in [0.717, 1.165) is 22.6 Å². The van der Waals surface area contributed by atoms with Crippen molar-refractivity contribution in [1.29, 1.82) is 5.26 Å². The quantitative estimate of drug-likeness (QED) is 0.723. The third kappa shape index (κ3) is 5.10. The summed E-state index contributed by atoms with van der Waals surface area (Å²) in [5.74, 6) is 0.761. The molecule has 2 aromatic carbocycles. The van der Waals surface area contributed by atoms with Crippen molar-refractivity contribution in [2.45, 2.75) is 38.6 Å². The van der Waals surface area contributed by atoms with Crippen LogP contribution in [0.5, 0.6) is 5.75 Å². The molecular formula is C22H23N3O3. The topological polar surface area (TPSA) is 91.2 Å². The van der Waals surface area contributed by atoms with Crippen molar-refractivity contribution in [3.05, 3.63) is 59.2 Å². The summed E-state index contributed by atoms with van der Waals surface area (Å²) in [5, 5.41) is 14.6. The van der Waals surface area contributed by atoms with Crippen molar-refractivity contribution in [2.24, 2.45) is 0 Å². The van der Waals surface area contributed by atoms with E-state index < -0.39 is 0 Å². The van der Waals surface area contributed by atoms with Gasteiger partial charge in [-0.25, -0.2) is 0 Å². The first-order valence-corrected chi connectivity index (χ1v) is 9.40. The van der Waals surface area contributed by atoms with Crippen LogP contribution in [-0.2, 0) is 16.0 Å². The van der Waals surface area contributed by atoms with E-state index in [-0.39, 0.29) is 17.9 Å². The normalized spacial score (nSPS) is 13.6. The van der Waals surface area contributed by atoms with Crippen LogP contribution in [0.3, 0.4) is 0 Å². The van der Waals surface area contributed by atoms with Crippen LogP contribution in [-0.4, -0.2) is 18.4 Å². The van der Waals surface area contributed by atoms with Gasteiger partial charge in [-0.2, -0.15) is 5.26 Å². The van der Waals surface area contributed by atoms with Crippen molar-refractivity contribution in [1.82, 2.24) is 5.32 Å². The van der Waals surface area contributed by atoms with Gasteiger partial charge in [-0.05, 0) is 61.2 Å². The maximum atomic E-state index is 12.1. The fourth-order valence-corrected chi connectivity index (χ4v) is 3.12. The minimum absolute atomic E-state index is 0.0337. The first-order valence-electron chi connectivity index (χ1n) is 9.40. The molecule has 1 atom stereocenters. The molecule has 144 valence electrons. The van der Waals surface area contributed by atoms with Gasteiger partial charge in [0.05, 0.1) is 24.3 Å². The van der Waals surface area contributed by atoms with Gasteiger partial charge in [-0.15, -0.1) is 0 Å². The Kier molecular flexibility index (Phi) is 6.28. The summed E-state index contributed by atoms with van der Waals surface area (Å²) in [6.07, 6.45) is 2.20. The summed E-state index contributed by atoms with van der Waals surface area (Å²) in [6, 6.07) is 14.8. The number of aryl methyl sites for hydroxylation is 1. The standard InChI is InChI=1S/C22H23N3O3/c1-15(17-6-4-16(14-23)5-7-17)24-21(26)3-2-12-28-19-9-10-20-18(13-19)8-11-22(27)25-20/h4-7,9-10,13,15H,2-3,8,11-12H2,1H3,(H,24,26)(H,25,27). The number of anilines is 1. The Labute approximate surface area is 164 Å². The molecular weight excluding hydrogens is 354 g/mol. The van der Waals surface area contributed by atoms with Crippen LogP contribution in [0.1, 0.15) is 48.9 Å². The molecule has 0 bridgehead atoms. The van der Waals surface area contributed by atoms with Crippen molar-refractivity contribution in [3.63, 3.8) is 0 Å². The number of ether oxygens (including phenoxy) is 1. The second-order valence-corrected chi connectivity index (χ2v) is 6.84. The van der Waals surface area contributed by atoms with E-state index in [2.05, 4.69) is 16.7 Å². The molecule has 0 saturated heterocycles. The molecule has 1 unspecified atom stereocenters. The molecule has 2 N–H and O–H groups in total. The number of carbonyl (C=O) groups is 2. The van der Waals surface area contributed by atoms with Gasteiger partial charge >= 0.3 is 0 Å². The number of carbonyl (C=O) groups excluding carboxylic acids is 2. The van der Waals surface area contributed by atoms with Gasteiger partial charge in [0.25, 0.3) is 0 Å². The van der Waals surface area contributed by atoms with Crippen molar-refractivity contribution in [3.8, 4) is 11.8 Å². The number of rotatable bonds is 7. The van der Waals surface area contributed by atoms with Crippen molar-refractivity contribution in [2.75, 3.05) is 11.9 Å². The van der Waals surface area contributed by atoms with Crippen LogP contribution in [0.25, 0.3) is 0 Å². The van der Waals surface area contributed by atoms with E-state index in [9.17, 15) is 9.59 Å². The van der Waals surface area contributed by atoms with E-state index >= 15 is 0 Å². The summed E-state index contributed by atoms with van der Waals surface area (Å²) >= 11 is 0. The van der Waals surface area contributed by atoms with Crippen LogP contribution in [0, 0.1) is 11.3 Å². The van der Waals surface area contributed by atoms with Gasteiger partial charge in [0, 0.05) is 18.5 Å².